The number of ether oxygens (including phenoxy) is 1. The first-order valence-electron chi connectivity index (χ1n) is 7.43. The van der Waals surface area contributed by atoms with Gasteiger partial charge in [-0.05, 0) is 64.3 Å². The third kappa shape index (κ3) is 3.23. The molecule has 0 bridgehead atoms. The van der Waals surface area contributed by atoms with Gasteiger partial charge in [-0.1, -0.05) is 13.8 Å². The lowest BCUT2D eigenvalue weighted by Gasteiger charge is -2.25. The van der Waals surface area contributed by atoms with Crippen molar-refractivity contribution in [2.24, 2.45) is 11.8 Å². The van der Waals surface area contributed by atoms with Gasteiger partial charge in [0.1, 0.15) is 0 Å². The van der Waals surface area contributed by atoms with E-state index in [-0.39, 0.29) is 5.60 Å². The average molecular weight is 239 g/mol. The largest absolute Gasteiger partial charge is 0.372 e. The minimum absolute atomic E-state index is 0.133. The van der Waals surface area contributed by atoms with Crippen LogP contribution in [0.5, 0.6) is 0 Å². The molecule has 1 heterocycles. The van der Waals surface area contributed by atoms with E-state index in [2.05, 4.69) is 33.0 Å². The fraction of sp³-hybridized carbons (Fsp3) is 1.00. The van der Waals surface area contributed by atoms with E-state index >= 15 is 0 Å². The topological polar surface area (TPSA) is 21.3 Å². The Kier molecular flexibility index (Phi) is 4.14. The third-order valence-corrected chi connectivity index (χ3v) is 4.81. The van der Waals surface area contributed by atoms with Crippen LogP contribution < -0.4 is 5.32 Å². The molecule has 0 aromatic heterocycles. The zero-order chi connectivity index (χ0) is 12.5. The molecule has 2 fully saturated rings. The Morgan fingerprint density at radius 1 is 1.24 bits per heavy atom. The summed E-state index contributed by atoms with van der Waals surface area (Å²) in [6.45, 7) is 10.2. The van der Waals surface area contributed by atoms with Gasteiger partial charge in [-0.15, -0.1) is 0 Å². The van der Waals surface area contributed by atoms with E-state index in [9.17, 15) is 0 Å². The highest BCUT2D eigenvalue weighted by Gasteiger charge is 2.37. The molecule has 0 aromatic rings. The van der Waals surface area contributed by atoms with Crippen LogP contribution in [0.15, 0.2) is 0 Å². The molecule has 2 rings (SSSR count). The van der Waals surface area contributed by atoms with Gasteiger partial charge < -0.3 is 10.1 Å². The van der Waals surface area contributed by atoms with Gasteiger partial charge in [0.25, 0.3) is 0 Å². The van der Waals surface area contributed by atoms with Crippen molar-refractivity contribution < 1.29 is 4.74 Å². The van der Waals surface area contributed by atoms with Crippen LogP contribution in [0.2, 0.25) is 0 Å². The molecular weight excluding hydrogens is 210 g/mol. The van der Waals surface area contributed by atoms with Crippen molar-refractivity contribution >= 4 is 0 Å². The molecule has 2 aliphatic rings. The van der Waals surface area contributed by atoms with E-state index in [0.717, 1.165) is 24.4 Å². The monoisotopic (exact) mass is 239 g/mol. The summed E-state index contributed by atoms with van der Waals surface area (Å²) < 4.78 is 6.13. The highest BCUT2D eigenvalue weighted by atomic mass is 16.5. The number of nitrogens with one attached hydrogen (secondary N) is 1. The van der Waals surface area contributed by atoms with E-state index < -0.39 is 0 Å². The Morgan fingerprint density at radius 3 is 2.59 bits per heavy atom. The number of hydrogen-bond donors (Lipinski definition) is 1. The smallest absolute Gasteiger partial charge is 0.0631 e. The van der Waals surface area contributed by atoms with E-state index in [0.29, 0.717) is 6.10 Å². The lowest BCUT2D eigenvalue weighted by Crippen LogP contribution is -2.33. The fourth-order valence-electron chi connectivity index (χ4n) is 3.71. The van der Waals surface area contributed by atoms with Crippen LogP contribution in [0.3, 0.4) is 0 Å². The van der Waals surface area contributed by atoms with Crippen LogP contribution >= 0.6 is 0 Å². The van der Waals surface area contributed by atoms with Crippen LogP contribution in [0, 0.1) is 11.8 Å². The van der Waals surface area contributed by atoms with Crippen LogP contribution in [0.25, 0.3) is 0 Å². The van der Waals surface area contributed by atoms with Crippen molar-refractivity contribution in [1.29, 1.82) is 0 Å². The van der Waals surface area contributed by atoms with Crippen LogP contribution in [0.1, 0.15) is 59.8 Å². The second-order valence-corrected chi connectivity index (χ2v) is 6.63. The van der Waals surface area contributed by atoms with Crippen LogP contribution in [-0.4, -0.2) is 24.3 Å². The molecule has 1 aliphatic carbocycles. The van der Waals surface area contributed by atoms with Crippen molar-refractivity contribution in [2.75, 3.05) is 6.54 Å². The average Bonchev–Trinajstić information content (AvgIpc) is 2.76. The van der Waals surface area contributed by atoms with Gasteiger partial charge in [0, 0.05) is 6.04 Å². The molecule has 4 unspecified atom stereocenters. The summed E-state index contributed by atoms with van der Waals surface area (Å²) in [4.78, 5) is 0. The fourth-order valence-corrected chi connectivity index (χ4v) is 3.71. The maximum Gasteiger partial charge on any atom is 0.0631 e. The predicted molar refractivity (Wildman–Crippen MR) is 72.2 cm³/mol. The van der Waals surface area contributed by atoms with Gasteiger partial charge >= 0.3 is 0 Å². The third-order valence-electron chi connectivity index (χ3n) is 4.81. The molecule has 1 N–H and O–H groups in total. The van der Waals surface area contributed by atoms with Gasteiger partial charge in [0.05, 0.1) is 11.7 Å². The van der Waals surface area contributed by atoms with Gasteiger partial charge in [0.2, 0.25) is 0 Å². The van der Waals surface area contributed by atoms with E-state index in [4.69, 9.17) is 4.74 Å². The maximum absolute atomic E-state index is 6.13. The normalized spacial score (nSPS) is 40.9. The lowest BCUT2D eigenvalue weighted by molar-refractivity contribution is -0.0265. The zero-order valence-electron chi connectivity index (χ0n) is 12.0. The van der Waals surface area contributed by atoms with Gasteiger partial charge in [-0.2, -0.15) is 0 Å². The maximum atomic E-state index is 6.13. The Hall–Kier alpha value is -0.0800. The lowest BCUT2D eigenvalue weighted by atomic mass is 9.89. The first-order valence-corrected chi connectivity index (χ1v) is 7.43. The van der Waals surface area contributed by atoms with Crippen molar-refractivity contribution in [3.63, 3.8) is 0 Å². The van der Waals surface area contributed by atoms with E-state index in [1.54, 1.807) is 0 Å². The molecule has 2 nitrogen and oxygen atoms in total. The second-order valence-electron chi connectivity index (χ2n) is 6.63. The highest BCUT2D eigenvalue weighted by molar-refractivity contribution is 4.90. The number of hydrogen-bond acceptors (Lipinski definition) is 2. The summed E-state index contributed by atoms with van der Waals surface area (Å²) >= 11 is 0. The molecule has 100 valence electrons. The molecular formula is C15H29NO. The molecule has 1 aliphatic heterocycles. The Balaban J connectivity index is 1.81. The Bertz CT molecular complexity index is 251. The molecule has 0 spiro atoms. The molecule has 1 saturated carbocycles. The summed E-state index contributed by atoms with van der Waals surface area (Å²) in [6.07, 6.45) is 7.05. The molecule has 1 saturated heterocycles. The quantitative estimate of drug-likeness (QED) is 0.812. The molecule has 2 heteroatoms. The van der Waals surface area contributed by atoms with Gasteiger partial charge in [-0.25, -0.2) is 0 Å². The van der Waals surface area contributed by atoms with Crippen LogP contribution in [0.4, 0.5) is 0 Å². The van der Waals surface area contributed by atoms with Crippen LogP contribution in [-0.2, 0) is 4.74 Å². The first-order chi connectivity index (χ1) is 8.02. The predicted octanol–water partition coefficient (Wildman–Crippen LogP) is 3.36. The highest BCUT2D eigenvalue weighted by Crippen LogP contribution is 2.39. The summed E-state index contributed by atoms with van der Waals surface area (Å²) in [5.41, 5.74) is 0.133. The molecule has 4 atom stereocenters. The number of rotatable bonds is 4. The van der Waals surface area contributed by atoms with Crippen molar-refractivity contribution in [1.82, 2.24) is 5.32 Å². The van der Waals surface area contributed by atoms with Crippen molar-refractivity contribution in [2.45, 2.75) is 77.5 Å². The van der Waals surface area contributed by atoms with Crippen molar-refractivity contribution in [3.05, 3.63) is 0 Å². The Labute approximate surface area is 107 Å². The minimum atomic E-state index is 0.133. The van der Waals surface area contributed by atoms with E-state index in [1.165, 1.54) is 32.1 Å². The SMILES string of the molecule is CCNC1CCC(CC2CCC(C)(C)O2)C1C. The molecule has 0 amide bonds. The summed E-state index contributed by atoms with van der Waals surface area (Å²) in [5.74, 6) is 1.69. The van der Waals surface area contributed by atoms with Crippen molar-refractivity contribution in [3.8, 4) is 0 Å². The zero-order valence-corrected chi connectivity index (χ0v) is 12.0. The molecule has 17 heavy (non-hydrogen) atoms. The summed E-state index contributed by atoms with van der Waals surface area (Å²) in [6, 6.07) is 0.749. The molecule has 0 aromatic carbocycles. The first kappa shape index (κ1) is 13.4. The summed E-state index contributed by atoms with van der Waals surface area (Å²) in [5, 5.41) is 3.62. The molecule has 0 radical (unpaired) electrons. The summed E-state index contributed by atoms with van der Waals surface area (Å²) in [7, 11) is 0. The minimum Gasteiger partial charge on any atom is -0.372 e. The van der Waals surface area contributed by atoms with E-state index in [1.807, 2.05) is 0 Å². The Morgan fingerprint density at radius 2 is 2.00 bits per heavy atom. The van der Waals surface area contributed by atoms with Gasteiger partial charge in [-0.3, -0.25) is 0 Å². The second kappa shape index (κ2) is 5.27. The van der Waals surface area contributed by atoms with Gasteiger partial charge in [0.15, 0.2) is 0 Å². The standard InChI is InChI=1S/C15H29NO/c1-5-16-14-7-6-12(11(14)2)10-13-8-9-15(3,4)17-13/h11-14,16H,5-10H2,1-4H3.